The molecule has 4 nitrogen and oxygen atoms in total. The highest BCUT2D eigenvalue weighted by Crippen LogP contribution is 2.46. The number of aromatic nitrogens is 2. The summed E-state index contributed by atoms with van der Waals surface area (Å²) in [4.78, 5) is 0. The molecule has 0 N–H and O–H groups in total. The van der Waals surface area contributed by atoms with E-state index in [9.17, 15) is 10.5 Å². The summed E-state index contributed by atoms with van der Waals surface area (Å²) in [6.45, 7) is 6.12. The Labute approximate surface area is 376 Å². The Hall–Kier alpha value is -8.88. The van der Waals surface area contributed by atoms with E-state index in [-0.39, 0.29) is 0 Å². The SMILES string of the molecule is C=C/C=C\c1c(C)ccc2c1c1cc(-c3cccc4ccccc34)ccc1n2C1=C(C#N)C=C(n2c3ccc(C4=C=C=Cc5ccccc54)cc3c3c4ccccc4ccc32)C(C#N)C1. The van der Waals surface area contributed by atoms with Crippen LogP contribution in [0.5, 0.6) is 0 Å². The van der Waals surface area contributed by atoms with Gasteiger partial charge in [0.2, 0.25) is 0 Å². The monoisotopic (exact) mass is 826 g/mol. The fourth-order valence-corrected chi connectivity index (χ4v) is 10.5. The fraction of sp³-hybridized carbons (Fsp3) is 0.0492. The van der Waals surface area contributed by atoms with Crippen LogP contribution in [0.25, 0.3) is 105 Å². The number of allylic oxidation sites excluding steroid dienone is 6. The van der Waals surface area contributed by atoms with E-state index < -0.39 is 5.92 Å². The van der Waals surface area contributed by atoms with Gasteiger partial charge >= 0.3 is 0 Å². The van der Waals surface area contributed by atoms with Crippen LogP contribution in [0, 0.1) is 35.5 Å². The quantitative estimate of drug-likeness (QED) is 0.124. The molecule has 65 heavy (non-hydrogen) atoms. The highest BCUT2D eigenvalue weighted by molar-refractivity contribution is 6.22. The molecular weight excluding hydrogens is 789 g/mol. The minimum absolute atomic E-state index is 0.342. The van der Waals surface area contributed by atoms with Gasteiger partial charge in [0.15, 0.2) is 0 Å². The summed E-state index contributed by atoms with van der Waals surface area (Å²) < 4.78 is 4.47. The first-order valence-corrected chi connectivity index (χ1v) is 21.9. The molecule has 12 rings (SSSR count). The number of hydrogen-bond donors (Lipinski definition) is 0. The first kappa shape index (κ1) is 37.8. The Morgan fingerprint density at radius 3 is 2.14 bits per heavy atom. The third kappa shape index (κ3) is 5.77. The van der Waals surface area contributed by atoms with E-state index in [0.717, 1.165) is 110 Å². The smallest absolute Gasteiger partial charge is 0.101 e. The van der Waals surface area contributed by atoms with Gasteiger partial charge in [-0.05, 0) is 116 Å². The van der Waals surface area contributed by atoms with Gasteiger partial charge in [0.25, 0.3) is 0 Å². The van der Waals surface area contributed by atoms with Gasteiger partial charge in [0.05, 0.1) is 39.6 Å². The molecule has 2 aliphatic carbocycles. The van der Waals surface area contributed by atoms with Crippen molar-refractivity contribution in [1.29, 1.82) is 10.5 Å². The zero-order valence-corrected chi connectivity index (χ0v) is 35.6. The lowest BCUT2D eigenvalue weighted by Crippen LogP contribution is -2.16. The van der Waals surface area contributed by atoms with Gasteiger partial charge < -0.3 is 9.13 Å². The van der Waals surface area contributed by atoms with Crippen molar-refractivity contribution in [2.75, 3.05) is 0 Å². The number of hydrogen-bond acceptors (Lipinski definition) is 2. The zero-order valence-electron chi connectivity index (χ0n) is 35.6. The zero-order chi connectivity index (χ0) is 43.8. The van der Waals surface area contributed by atoms with Crippen molar-refractivity contribution < 1.29 is 0 Å². The minimum Gasteiger partial charge on any atom is -0.312 e. The molecule has 302 valence electrons. The summed E-state index contributed by atoms with van der Waals surface area (Å²) >= 11 is 0. The van der Waals surface area contributed by atoms with Crippen LogP contribution in [0.4, 0.5) is 0 Å². The molecule has 0 radical (unpaired) electrons. The molecule has 0 bridgehead atoms. The van der Waals surface area contributed by atoms with Crippen LogP contribution in [-0.2, 0) is 0 Å². The molecule has 2 heterocycles. The molecule has 0 saturated carbocycles. The molecule has 0 aliphatic heterocycles. The standard InChI is InChI=1S/C61H38N4/c1-3-4-18-46-38(2)24-28-56-60(46)52-32-42(49-22-11-16-39-13-5-8-19-47(39)49)26-29-54(52)64(56)58-34-45(37-63)59(35-44(58)36-62)65-55-30-27-43(50-23-12-17-40-14-6-9-20-48(40)50)33-53(55)61-51-21-10-7-15-41(51)25-31-57(61)65/h3-11,13-22,24-33,35,45H,1,34H2,2H3/b18-4-. The summed E-state index contributed by atoms with van der Waals surface area (Å²) in [7, 11) is 0. The summed E-state index contributed by atoms with van der Waals surface area (Å²) in [5.41, 5.74) is 21.5. The maximum atomic E-state index is 11.3. The number of nitrogens with zero attached hydrogens (tertiary/aromatic N) is 4. The predicted molar refractivity (Wildman–Crippen MR) is 271 cm³/mol. The molecule has 4 heteroatoms. The lowest BCUT2D eigenvalue weighted by molar-refractivity contribution is 0.799. The van der Waals surface area contributed by atoms with E-state index in [4.69, 9.17) is 0 Å². The van der Waals surface area contributed by atoms with Gasteiger partial charge in [0.1, 0.15) is 6.07 Å². The largest absolute Gasteiger partial charge is 0.312 e. The third-order valence-corrected chi connectivity index (χ3v) is 13.4. The van der Waals surface area contributed by atoms with Crippen LogP contribution in [0.15, 0.2) is 194 Å². The van der Waals surface area contributed by atoms with Crippen molar-refractivity contribution in [1.82, 2.24) is 9.13 Å². The average Bonchev–Trinajstić information content (AvgIpc) is 3.87. The highest BCUT2D eigenvalue weighted by atomic mass is 15.0. The Balaban J connectivity index is 1.11. The van der Waals surface area contributed by atoms with E-state index in [1.54, 1.807) is 6.08 Å². The summed E-state index contributed by atoms with van der Waals surface area (Å²) in [5.74, 6) is -0.568. The molecule has 10 aromatic rings. The summed E-state index contributed by atoms with van der Waals surface area (Å²) in [6.07, 6.45) is 10.2. The maximum absolute atomic E-state index is 11.3. The molecule has 8 aromatic carbocycles. The number of fused-ring (bicyclic) bond motifs is 10. The van der Waals surface area contributed by atoms with Crippen LogP contribution in [0.1, 0.15) is 34.2 Å². The van der Waals surface area contributed by atoms with Crippen molar-refractivity contribution >= 4 is 94.3 Å². The molecule has 2 aliphatic rings. The highest BCUT2D eigenvalue weighted by Gasteiger charge is 2.31. The molecular formula is C61H38N4. The van der Waals surface area contributed by atoms with Gasteiger partial charge in [-0.3, -0.25) is 0 Å². The van der Waals surface area contributed by atoms with Crippen LogP contribution in [-0.4, -0.2) is 9.13 Å². The lowest BCUT2D eigenvalue weighted by atomic mass is 9.90. The number of rotatable bonds is 6. The van der Waals surface area contributed by atoms with E-state index in [2.05, 4.69) is 198 Å². The second kappa shape index (κ2) is 14.9. The van der Waals surface area contributed by atoms with E-state index >= 15 is 0 Å². The van der Waals surface area contributed by atoms with Crippen LogP contribution in [0.3, 0.4) is 0 Å². The number of benzene rings is 8. The fourth-order valence-electron chi connectivity index (χ4n) is 10.5. The molecule has 0 saturated heterocycles. The van der Waals surface area contributed by atoms with Gasteiger partial charge in [-0.2, -0.15) is 10.5 Å². The van der Waals surface area contributed by atoms with Crippen molar-refractivity contribution in [2.45, 2.75) is 13.3 Å². The number of aryl methyl sites for hydroxylation is 1. The van der Waals surface area contributed by atoms with Crippen molar-refractivity contribution in [2.24, 2.45) is 5.92 Å². The van der Waals surface area contributed by atoms with Gasteiger partial charge in [-0.25, -0.2) is 0 Å². The molecule has 0 spiro atoms. The van der Waals surface area contributed by atoms with Crippen LogP contribution in [0.2, 0.25) is 0 Å². The number of nitriles is 2. The van der Waals surface area contributed by atoms with Gasteiger partial charge in [0, 0.05) is 44.9 Å². The lowest BCUT2D eigenvalue weighted by Gasteiger charge is -2.25. The van der Waals surface area contributed by atoms with Gasteiger partial charge in [-0.1, -0.05) is 152 Å². The van der Waals surface area contributed by atoms with E-state index in [0.29, 0.717) is 12.0 Å². The first-order chi connectivity index (χ1) is 32.0. The Kier molecular flexibility index (Phi) is 8.67. The normalized spacial score (nSPS) is 14.7. The summed E-state index contributed by atoms with van der Waals surface area (Å²) in [5, 5.41) is 31.5. The Morgan fingerprint density at radius 1 is 0.646 bits per heavy atom. The molecule has 0 amide bonds. The molecule has 2 aromatic heterocycles. The third-order valence-electron chi connectivity index (χ3n) is 13.4. The second-order valence-electron chi connectivity index (χ2n) is 16.9. The Bertz CT molecular complexity index is 4050. The van der Waals surface area contributed by atoms with Gasteiger partial charge in [-0.15, -0.1) is 0 Å². The second-order valence-corrected chi connectivity index (χ2v) is 16.9. The van der Waals surface area contributed by atoms with E-state index in [1.807, 2.05) is 24.3 Å². The van der Waals surface area contributed by atoms with Crippen molar-refractivity contribution in [3.05, 3.63) is 221 Å². The topological polar surface area (TPSA) is 57.4 Å². The first-order valence-electron chi connectivity index (χ1n) is 21.9. The summed E-state index contributed by atoms with van der Waals surface area (Å²) in [6, 6.07) is 59.0. The maximum Gasteiger partial charge on any atom is 0.101 e. The molecule has 0 fully saturated rings. The van der Waals surface area contributed by atoms with Crippen molar-refractivity contribution in [3.63, 3.8) is 0 Å². The average molecular weight is 827 g/mol. The Morgan fingerprint density at radius 2 is 1.31 bits per heavy atom. The molecule has 1 unspecified atom stereocenters. The predicted octanol–water partition coefficient (Wildman–Crippen LogP) is 15.4. The van der Waals surface area contributed by atoms with E-state index in [1.165, 1.54) is 10.8 Å². The molecule has 1 atom stereocenters. The van der Waals surface area contributed by atoms with Crippen LogP contribution >= 0.6 is 0 Å². The minimum atomic E-state index is -0.568. The van der Waals surface area contributed by atoms with Crippen LogP contribution < -0.4 is 0 Å². The van der Waals surface area contributed by atoms with Crippen molar-refractivity contribution in [3.8, 4) is 23.3 Å².